The molecule has 2 N–H and O–H groups in total. The van der Waals surface area contributed by atoms with E-state index in [-0.39, 0.29) is 0 Å². The number of benzene rings is 1. The van der Waals surface area contributed by atoms with Gasteiger partial charge in [-0.25, -0.2) is 0 Å². The third-order valence-corrected chi connectivity index (χ3v) is 4.67. The quantitative estimate of drug-likeness (QED) is 0.888. The molecule has 4 heteroatoms. The summed E-state index contributed by atoms with van der Waals surface area (Å²) in [4.78, 5) is 4.71. The summed E-state index contributed by atoms with van der Waals surface area (Å²) >= 11 is 0. The summed E-state index contributed by atoms with van der Waals surface area (Å²) in [6.45, 7) is 5.64. The minimum atomic E-state index is -0.570. The van der Waals surface area contributed by atoms with Crippen LogP contribution in [0.25, 0.3) is 0 Å². The van der Waals surface area contributed by atoms with Gasteiger partial charge in [-0.15, -0.1) is 0 Å². The summed E-state index contributed by atoms with van der Waals surface area (Å²) < 4.78 is 0. The number of hydrogen-bond acceptors (Lipinski definition) is 4. The van der Waals surface area contributed by atoms with Crippen molar-refractivity contribution in [3.8, 4) is 5.75 Å². The Balaban J connectivity index is 1.59. The lowest BCUT2D eigenvalue weighted by Crippen LogP contribution is -2.53. The van der Waals surface area contributed by atoms with Crippen molar-refractivity contribution in [1.82, 2.24) is 9.80 Å². The Bertz CT molecular complexity index is 474. The molecule has 1 aromatic rings. The summed E-state index contributed by atoms with van der Waals surface area (Å²) in [7, 11) is 0. The lowest BCUT2D eigenvalue weighted by Gasteiger charge is -2.41. The van der Waals surface area contributed by atoms with Crippen molar-refractivity contribution in [1.29, 1.82) is 0 Å². The van der Waals surface area contributed by atoms with E-state index >= 15 is 0 Å². The van der Waals surface area contributed by atoms with E-state index in [1.807, 2.05) is 18.2 Å². The molecule has 0 aliphatic carbocycles. The number of β-amino-alcohol motifs (C(OH)–C–C–N with tert-alkyl or cyclic N) is 1. The van der Waals surface area contributed by atoms with Crippen molar-refractivity contribution >= 4 is 0 Å². The van der Waals surface area contributed by atoms with Crippen molar-refractivity contribution in [2.45, 2.75) is 37.8 Å². The number of aromatic hydroxyl groups is 1. The number of aliphatic hydroxyl groups is 1. The topological polar surface area (TPSA) is 46.9 Å². The van der Waals surface area contributed by atoms with Gasteiger partial charge in [-0.05, 0) is 63.0 Å². The fraction of sp³-hybridized carbons (Fsp3) is 0.647. The molecule has 4 nitrogen and oxygen atoms in total. The number of phenols is 1. The van der Waals surface area contributed by atoms with E-state index in [9.17, 15) is 10.2 Å². The molecule has 0 saturated carbocycles. The van der Waals surface area contributed by atoms with Crippen molar-refractivity contribution < 1.29 is 10.2 Å². The first-order valence-electron chi connectivity index (χ1n) is 8.08. The number of nitrogens with zero attached hydrogens (tertiary/aromatic N) is 2. The van der Waals surface area contributed by atoms with E-state index in [0.717, 1.165) is 57.7 Å². The first-order valence-corrected chi connectivity index (χ1v) is 8.08. The Morgan fingerprint density at radius 1 is 1.05 bits per heavy atom. The predicted octanol–water partition coefficient (Wildman–Crippen LogP) is 1.81. The number of likely N-dealkylation sites (tertiary alicyclic amines) is 2. The maximum absolute atomic E-state index is 10.9. The molecule has 0 aromatic heterocycles. The highest BCUT2D eigenvalue weighted by molar-refractivity contribution is 5.27. The van der Waals surface area contributed by atoms with E-state index < -0.39 is 5.60 Å². The SMILES string of the molecule is Oc1cccc(CN2CCC[C@@](O)(CN3CCCC3)C2)c1. The molecule has 2 aliphatic heterocycles. The Kier molecular flexibility index (Phi) is 4.48. The van der Waals surface area contributed by atoms with E-state index in [0.29, 0.717) is 5.75 Å². The molecule has 0 spiro atoms. The van der Waals surface area contributed by atoms with Crippen molar-refractivity contribution in [3.63, 3.8) is 0 Å². The van der Waals surface area contributed by atoms with Crippen LogP contribution in [0, 0.1) is 0 Å². The summed E-state index contributed by atoms with van der Waals surface area (Å²) in [6.07, 6.45) is 4.48. The zero-order chi connectivity index (χ0) is 14.7. The Labute approximate surface area is 127 Å². The van der Waals surface area contributed by atoms with Crippen molar-refractivity contribution in [2.24, 2.45) is 0 Å². The van der Waals surface area contributed by atoms with Crippen LogP contribution < -0.4 is 0 Å². The highest BCUT2D eigenvalue weighted by Crippen LogP contribution is 2.25. The molecular weight excluding hydrogens is 264 g/mol. The van der Waals surface area contributed by atoms with E-state index in [1.54, 1.807) is 6.07 Å². The highest BCUT2D eigenvalue weighted by atomic mass is 16.3. The van der Waals surface area contributed by atoms with Crippen LogP contribution >= 0.6 is 0 Å². The fourth-order valence-corrected chi connectivity index (χ4v) is 3.74. The molecule has 3 rings (SSSR count). The van der Waals surface area contributed by atoms with Crippen LogP contribution in [0.1, 0.15) is 31.2 Å². The third kappa shape index (κ3) is 3.96. The highest BCUT2D eigenvalue weighted by Gasteiger charge is 2.35. The summed E-state index contributed by atoms with van der Waals surface area (Å²) in [6, 6.07) is 7.43. The Morgan fingerprint density at radius 3 is 2.57 bits per heavy atom. The lowest BCUT2D eigenvalue weighted by atomic mass is 9.92. The lowest BCUT2D eigenvalue weighted by molar-refractivity contribution is -0.0519. The van der Waals surface area contributed by atoms with E-state index in [4.69, 9.17) is 0 Å². The van der Waals surface area contributed by atoms with Gasteiger partial charge in [0.2, 0.25) is 0 Å². The molecule has 0 bridgehead atoms. The van der Waals surface area contributed by atoms with E-state index in [1.165, 1.54) is 12.8 Å². The van der Waals surface area contributed by atoms with Gasteiger partial charge >= 0.3 is 0 Å². The number of rotatable bonds is 4. The van der Waals surface area contributed by atoms with Crippen LogP contribution in [0.5, 0.6) is 5.75 Å². The van der Waals surface area contributed by atoms with Crippen molar-refractivity contribution in [3.05, 3.63) is 29.8 Å². The van der Waals surface area contributed by atoms with Gasteiger partial charge < -0.3 is 15.1 Å². The molecule has 2 saturated heterocycles. The Morgan fingerprint density at radius 2 is 1.81 bits per heavy atom. The van der Waals surface area contributed by atoms with E-state index in [2.05, 4.69) is 9.80 Å². The zero-order valence-electron chi connectivity index (χ0n) is 12.7. The molecular formula is C17H26N2O2. The number of piperidine rings is 1. The van der Waals surface area contributed by atoms with Gasteiger partial charge in [-0.3, -0.25) is 4.90 Å². The van der Waals surface area contributed by atoms with Crippen molar-refractivity contribution in [2.75, 3.05) is 32.7 Å². The van der Waals surface area contributed by atoms with Gasteiger partial charge in [-0.2, -0.15) is 0 Å². The van der Waals surface area contributed by atoms with Gasteiger partial charge in [-0.1, -0.05) is 12.1 Å². The molecule has 2 fully saturated rings. The van der Waals surface area contributed by atoms with Crippen LogP contribution in [0.15, 0.2) is 24.3 Å². The monoisotopic (exact) mass is 290 g/mol. The molecule has 2 heterocycles. The molecule has 116 valence electrons. The summed E-state index contributed by atoms with van der Waals surface area (Å²) in [5, 5.41) is 20.5. The first-order chi connectivity index (χ1) is 10.1. The van der Waals surface area contributed by atoms with Gasteiger partial charge in [0.1, 0.15) is 5.75 Å². The molecule has 21 heavy (non-hydrogen) atoms. The normalized spacial score (nSPS) is 28.0. The molecule has 0 unspecified atom stereocenters. The second-order valence-corrected chi connectivity index (χ2v) is 6.69. The van der Waals surface area contributed by atoms with Crippen LogP contribution in [-0.2, 0) is 6.54 Å². The van der Waals surface area contributed by atoms with Gasteiger partial charge in [0.05, 0.1) is 5.60 Å². The molecule has 2 aliphatic rings. The second kappa shape index (κ2) is 6.34. The van der Waals surface area contributed by atoms with Gasteiger partial charge in [0, 0.05) is 19.6 Å². The van der Waals surface area contributed by atoms with Crippen LogP contribution in [0.3, 0.4) is 0 Å². The number of hydrogen-bond donors (Lipinski definition) is 2. The molecule has 1 aromatic carbocycles. The minimum Gasteiger partial charge on any atom is -0.508 e. The fourth-order valence-electron chi connectivity index (χ4n) is 3.74. The minimum absolute atomic E-state index is 0.317. The average Bonchev–Trinajstić information content (AvgIpc) is 2.91. The largest absolute Gasteiger partial charge is 0.508 e. The molecule has 1 atom stereocenters. The van der Waals surface area contributed by atoms with Crippen LogP contribution in [0.2, 0.25) is 0 Å². The maximum Gasteiger partial charge on any atom is 0.115 e. The zero-order valence-corrected chi connectivity index (χ0v) is 12.7. The maximum atomic E-state index is 10.9. The standard InChI is InChI=1S/C17H26N2O2/c20-16-6-3-5-15(11-16)12-19-10-4-7-17(21,14-19)13-18-8-1-2-9-18/h3,5-6,11,20-21H,1-2,4,7-10,12-14H2/t17-/m1/s1. The first kappa shape index (κ1) is 14.8. The van der Waals surface area contributed by atoms with Gasteiger partial charge in [0.25, 0.3) is 0 Å². The predicted molar refractivity (Wildman–Crippen MR) is 83.2 cm³/mol. The third-order valence-electron chi connectivity index (χ3n) is 4.67. The summed E-state index contributed by atoms with van der Waals surface area (Å²) in [5.74, 6) is 0.317. The Hall–Kier alpha value is -1.10. The van der Waals surface area contributed by atoms with Gasteiger partial charge in [0.15, 0.2) is 0 Å². The molecule has 0 radical (unpaired) electrons. The second-order valence-electron chi connectivity index (χ2n) is 6.69. The average molecular weight is 290 g/mol. The van der Waals surface area contributed by atoms with Crippen LogP contribution in [0.4, 0.5) is 0 Å². The molecule has 0 amide bonds. The summed E-state index contributed by atoms with van der Waals surface area (Å²) in [5.41, 5.74) is 0.541. The smallest absolute Gasteiger partial charge is 0.115 e. The van der Waals surface area contributed by atoms with Crippen LogP contribution in [-0.4, -0.2) is 58.3 Å². The number of phenolic OH excluding ortho intramolecular Hbond substituents is 1.